The second-order valence-electron chi connectivity index (χ2n) is 2.58. The van der Waals surface area contributed by atoms with Gasteiger partial charge in [0, 0.05) is 6.54 Å². The summed E-state index contributed by atoms with van der Waals surface area (Å²) in [6.07, 6.45) is 0.468. The minimum absolute atomic E-state index is 0.468. The lowest BCUT2D eigenvalue weighted by Gasteiger charge is -2.28. The molecule has 0 spiro atoms. The Morgan fingerprint density at radius 2 is 1.73 bits per heavy atom. The smallest absolute Gasteiger partial charge is 0.0723 e. The highest BCUT2D eigenvalue weighted by molar-refractivity contribution is 4.66. The number of nitrogens with zero attached hydrogens (tertiary/aromatic N) is 1. The molecule has 0 aliphatic rings. The minimum atomic E-state index is 0.468. The molecular formula is C8H21N3. The second kappa shape index (κ2) is 6.58. The lowest BCUT2D eigenvalue weighted by atomic mass is 10.4. The van der Waals surface area contributed by atoms with Crippen LogP contribution in [0.2, 0.25) is 0 Å². The second-order valence-corrected chi connectivity index (χ2v) is 2.58. The van der Waals surface area contributed by atoms with Gasteiger partial charge in [0.1, 0.15) is 0 Å². The molecule has 3 nitrogen and oxygen atoms in total. The van der Waals surface area contributed by atoms with Crippen LogP contribution in [0, 0.1) is 0 Å². The number of hydrogen-bond donors (Lipinski definition) is 2. The van der Waals surface area contributed by atoms with Gasteiger partial charge in [-0.15, -0.1) is 0 Å². The van der Waals surface area contributed by atoms with E-state index >= 15 is 0 Å². The Morgan fingerprint density at radius 1 is 1.18 bits per heavy atom. The molecule has 0 saturated carbocycles. The van der Waals surface area contributed by atoms with E-state index in [4.69, 9.17) is 0 Å². The monoisotopic (exact) mass is 159 g/mol. The Hall–Kier alpha value is -0.120. The van der Waals surface area contributed by atoms with Gasteiger partial charge in [-0.05, 0) is 27.2 Å². The average Bonchev–Trinajstić information content (AvgIpc) is 2.05. The van der Waals surface area contributed by atoms with Crippen molar-refractivity contribution >= 4 is 0 Å². The summed E-state index contributed by atoms with van der Waals surface area (Å²) in [5.74, 6) is 0. The van der Waals surface area contributed by atoms with Gasteiger partial charge in [0.05, 0.1) is 6.17 Å². The van der Waals surface area contributed by atoms with Gasteiger partial charge >= 0.3 is 0 Å². The highest BCUT2D eigenvalue weighted by atomic mass is 15.3. The van der Waals surface area contributed by atoms with Crippen LogP contribution in [0.5, 0.6) is 0 Å². The Bertz CT molecular complexity index is 81.4. The van der Waals surface area contributed by atoms with E-state index in [0.29, 0.717) is 6.17 Å². The Balaban J connectivity index is 3.76. The summed E-state index contributed by atoms with van der Waals surface area (Å²) < 4.78 is 0. The Labute approximate surface area is 70.2 Å². The summed E-state index contributed by atoms with van der Waals surface area (Å²) in [4.78, 5) is 2.39. The van der Waals surface area contributed by atoms with Crippen molar-refractivity contribution in [3.05, 3.63) is 0 Å². The summed E-state index contributed by atoms with van der Waals surface area (Å²) in [7, 11) is 3.98. The third-order valence-electron chi connectivity index (χ3n) is 1.98. The molecule has 0 fully saturated rings. The molecule has 11 heavy (non-hydrogen) atoms. The zero-order valence-corrected chi connectivity index (χ0v) is 8.15. The maximum Gasteiger partial charge on any atom is 0.0723 e. The predicted octanol–water partition coefficient (Wildman–Crippen LogP) is 0.0931. The first-order valence-electron chi connectivity index (χ1n) is 4.36. The number of likely N-dealkylation sites (N-methyl/N-ethyl adjacent to an activating group) is 3. The van der Waals surface area contributed by atoms with Crippen molar-refractivity contribution < 1.29 is 0 Å². The fourth-order valence-corrected chi connectivity index (χ4v) is 1.27. The van der Waals surface area contributed by atoms with E-state index in [2.05, 4.69) is 29.4 Å². The van der Waals surface area contributed by atoms with Crippen LogP contribution in [0.3, 0.4) is 0 Å². The molecule has 0 aliphatic heterocycles. The van der Waals surface area contributed by atoms with Crippen molar-refractivity contribution in [2.45, 2.75) is 20.0 Å². The lowest BCUT2D eigenvalue weighted by Crippen LogP contribution is -2.49. The molecule has 0 bridgehead atoms. The van der Waals surface area contributed by atoms with Crippen LogP contribution < -0.4 is 10.6 Å². The van der Waals surface area contributed by atoms with Gasteiger partial charge in [-0.3, -0.25) is 4.90 Å². The van der Waals surface area contributed by atoms with Crippen LogP contribution in [0.25, 0.3) is 0 Å². The van der Waals surface area contributed by atoms with Crippen molar-refractivity contribution in [1.82, 2.24) is 15.5 Å². The largest absolute Gasteiger partial charge is 0.317 e. The van der Waals surface area contributed by atoms with Crippen molar-refractivity contribution in [3.8, 4) is 0 Å². The van der Waals surface area contributed by atoms with Gasteiger partial charge in [-0.1, -0.05) is 13.8 Å². The average molecular weight is 159 g/mol. The van der Waals surface area contributed by atoms with E-state index in [0.717, 1.165) is 19.6 Å². The third kappa shape index (κ3) is 3.70. The fourth-order valence-electron chi connectivity index (χ4n) is 1.27. The Kier molecular flexibility index (Phi) is 6.51. The van der Waals surface area contributed by atoms with Gasteiger partial charge in [0.15, 0.2) is 0 Å². The maximum absolute atomic E-state index is 3.27. The lowest BCUT2D eigenvalue weighted by molar-refractivity contribution is 0.189. The first-order chi connectivity index (χ1) is 5.29. The van der Waals surface area contributed by atoms with Gasteiger partial charge in [0.2, 0.25) is 0 Å². The number of nitrogens with one attached hydrogen (secondary N) is 2. The summed E-state index contributed by atoms with van der Waals surface area (Å²) in [6.45, 7) is 7.57. The van der Waals surface area contributed by atoms with Crippen LogP contribution >= 0.6 is 0 Å². The molecule has 0 aliphatic carbocycles. The molecule has 3 heteroatoms. The molecule has 0 rings (SSSR count). The maximum atomic E-state index is 3.27. The van der Waals surface area contributed by atoms with E-state index < -0.39 is 0 Å². The Morgan fingerprint density at radius 3 is 2.00 bits per heavy atom. The summed E-state index contributed by atoms with van der Waals surface area (Å²) in [5, 5.41) is 6.43. The van der Waals surface area contributed by atoms with Crippen LogP contribution in [0.4, 0.5) is 0 Å². The number of rotatable bonds is 6. The third-order valence-corrected chi connectivity index (χ3v) is 1.98. The summed E-state index contributed by atoms with van der Waals surface area (Å²) in [6, 6.07) is 0. The van der Waals surface area contributed by atoms with E-state index in [1.807, 2.05) is 14.1 Å². The molecule has 1 unspecified atom stereocenters. The normalized spacial score (nSPS) is 13.9. The van der Waals surface area contributed by atoms with Gasteiger partial charge in [-0.2, -0.15) is 0 Å². The number of hydrogen-bond acceptors (Lipinski definition) is 3. The molecule has 0 saturated heterocycles. The zero-order chi connectivity index (χ0) is 8.69. The fraction of sp³-hybridized carbons (Fsp3) is 1.00. The quantitative estimate of drug-likeness (QED) is 0.538. The van der Waals surface area contributed by atoms with E-state index in [1.54, 1.807) is 0 Å². The molecule has 0 aromatic heterocycles. The molecular weight excluding hydrogens is 138 g/mol. The highest BCUT2D eigenvalue weighted by Gasteiger charge is 2.10. The molecule has 2 N–H and O–H groups in total. The molecule has 68 valence electrons. The van der Waals surface area contributed by atoms with Crippen LogP contribution in [0.1, 0.15) is 13.8 Å². The standard InChI is InChI=1S/C8H21N3/c1-5-11(6-2)8(10-4)7-9-3/h8-10H,5-7H2,1-4H3. The first kappa shape index (κ1) is 10.9. The van der Waals surface area contributed by atoms with Crippen molar-refractivity contribution in [1.29, 1.82) is 0 Å². The topological polar surface area (TPSA) is 27.3 Å². The van der Waals surface area contributed by atoms with E-state index in [9.17, 15) is 0 Å². The van der Waals surface area contributed by atoms with Crippen LogP contribution in [-0.4, -0.2) is 44.8 Å². The van der Waals surface area contributed by atoms with Crippen molar-refractivity contribution in [2.75, 3.05) is 33.7 Å². The van der Waals surface area contributed by atoms with Crippen LogP contribution in [0.15, 0.2) is 0 Å². The molecule has 1 atom stereocenters. The molecule has 0 aromatic rings. The van der Waals surface area contributed by atoms with Crippen molar-refractivity contribution in [2.24, 2.45) is 0 Å². The van der Waals surface area contributed by atoms with E-state index in [-0.39, 0.29) is 0 Å². The first-order valence-corrected chi connectivity index (χ1v) is 4.36. The molecule has 0 amide bonds. The molecule has 0 aromatic carbocycles. The van der Waals surface area contributed by atoms with Crippen molar-refractivity contribution in [3.63, 3.8) is 0 Å². The molecule has 0 radical (unpaired) electrons. The summed E-state index contributed by atoms with van der Waals surface area (Å²) in [5.41, 5.74) is 0. The van der Waals surface area contributed by atoms with Gasteiger partial charge < -0.3 is 10.6 Å². The predicted molar refractivity (Wildman–Crippen MR) is 49.7 cm³/mol. The van der Waals surface area contributed by atoms with Gasteiger partial charge in [0.25, 0.3) is 0 Å². The zero-order valence-electron chi connectivity index (χ0n) is 8.15. The van der Waals surface area contributed by atoms with Gasteiger partial charge in [-0.25, -0.2) is 0 Å². The molecule has 0 heterocycles. The highest BCUT2D eigenvalue weighted by Crippen LogP contribution is 1.92. The van der Waals surface area contributed by atoms with E-state index in [1.165, 1.54) is 0 Å². The SMILES string of the molecule is CCN(CC)C(CNC)NC. The summed E-state index contributed by atoms with van der Waals surface area (Å²) >= 11 is 0. The van der Waals surface area contributed by atoms with Crippen LogP contribution in [-0.2, 0) is 0 Å². The minimum Gasteiger partial charge on any atom is -0.317 e.